The van der Waals surface area contributed by atoms with Crippen LogP contribution in [0, 0.1) is 6.92 Å². The van der Waals surface area contributed by atoms with Crippen molar-refractivity contribution in [3.63, 3.8) is 0 Å². The summed E-state index contributed by atoms with van der Waals surface area (Å²) < 4.78 is 13.2. The molecule has 1 atom stereocenters. The number of ether oxygens (including phenoxy) is 2. The van der Waals surface area contributed by atoms with Crippen molar-refractivity contribution in [1.29, 1.82) is 0 Å². The maximum Gasteiger partial charge on any atom is 0.308 e. The standard InChI is InChI=1S/C18H21N3O4S/c1-13-11-26-18(23)21(13)12-19-6-8-20(9-7-19)17(22)16-10-24-14-4-2-3-5-15(14)25-16/h2-5,11,16H,6-10,12H2,1H3/t16-/m0/s1. The highest BCUT2D eigenvalue weighted by Crippen LogP contribution is 2.31. The van der Waals surface area contributed by atoms with E-state index >= 15 is 0 Å². The van der Waals surface area contributed by atoms with E-state index in [2.05, 4.69) is 4.90 Å². The fraction of sp³-hybridized carbons (Fsp3) is 0.444. The van der Waals surface area contributed by atoms with E-state index < -0.39 is 6.10 Å². The first-order chi connectivity index (χ1) is 12.6. The highest BCUT2D eigenvalue weighted by atomic mass is 32.1. The Morgan fingerprint density at radius 2 is 1.92 bits per heavy atom. The Morgan fingerprint density at radius 1 is 1.19 bits per heavy atom. The van der Waals surface area contributed by atoms with E-state index in [9.17, 15) is 9.59 Å². The highest BCUT2D eigenvalue weighted by molar-refractivity contribution is 7.07. The number of rotatable bonds is 3. The minimum absolute atomic E-state index is 0.0389. The van der Waals surface area contributed by atoms with Gasteiger partial charge in [-0.3, -0.25) is 19.1 Å². The molecule has 26 heavy (non-hydrogen) atoms. The Morgan fingerprint density at radius 3 is 2.62 bits per heavy atom. The number of amides is 1. The second kappa shape index (κ2) is 7.13. The molecule has 138 valence electrons. The lowest BCUT2D eigenvalue weighted by Gasteiger charge is -2.37. The number of carbonyl (C=O) groups is 1. The summed E-state index contributed by atoms with van der Waals surface area (Å²) in [4.78, 5) is 28.7. The molecule has 0 radical (unpaired) electrons. The van der Waals surface area contributed by atoms with Crippen molar-refractivity contribution < 1.29 is 14.3 Å². The topological polar surface area (TPSA) is 64.0 Å². The zero-order chi connectivity index (χ0) is 18.1. The number of aromatic nitrogens is 1. The summed E-state index contributed by atoms with van der Waals surface area (Å²) in [5, 5.41) is 1.88. The zero-order valence-electron chi connectivity index (χ0n) is 14.6. The summed E-state index contributed by atoms with van der Waals surface area (Å²) in [6.45, 7) is 5.47. The Hall–Kier alpha value is -2.32. The third-order valence-corrected chi connectivity index (χ3v) is 5.67. The van der Waals surface area contributed by atoms with Gasteiger partial charge in [-0.15, -0.1) is 0 Å². The monoisotopic (exact) mass is 375 g/mol. The summed E-state index contributed by atoms with van der Waals surface area (Å²) in [6, 6.07) is 7.39. The number of para-hydroxylation sites is 2. The molecule has 2 aliphatic heterocycles. The van der Waals surface area contributed by atoms with E-state index in [4.69, 9.17) is 9.47 Å². The van der Waals surface area contributed by atoms with Crippen LogP contribution in [0.3, 0.4) is 0 Å². The minimum Gasteiger partial charge on any atom is -0.485 e. The number of benzene rings is 1. The molecule has 0 saturated carbocycles. The smallest absolute Gasteiger partial charge is 0.308 e. The van der Waals surface area contributed by atoms with E-state index in [1.165, 1.54) is 11.3 Å². The molecule has 8 heteroatoms. The number of nitrogens with zero attached hydrogens (tertiary/aromatic N) is 3. The molecule has 1 aromatic carbocycles. The van der Waals surface area contributed by atoms with Crippen molar-refractivity contribution in [2.24, 2.45) is 0 Å². The van der Waals surface area contributed by atoms with Crippen molar-refractivity contribution in [2.75, 3.05) is 32.8 Å². The summed E-state index contributed by atoms with van der Waals surface area (Å²) in [7, 11) is 0. The third kappa shape index (κ3) is 3.34. The average molecular weight is 375 g/mol. The molecule has 1 fully saturated rings. The number of fused-ring (bicyclic) bond motifs is 1. The second-order valence-electron chi connectivity index (χ2n) is 6.52. The molecule has 1 amide bonds. The van der Waals surface area contributed by atoms with Crippen molar-refractivity contribution in [3.8, 4) is 11.5 Å². The van der Waals surface area contributed by atoms with Gasteiger partial charge in [0.05, 0.1) is 6.67 Å². The predicted molar refractivity (Wildman–Crippen MR) is 97.8 cm³/mol. The normalized spacial score (nSPS) is 20.2. The summed E-state index contributed by atoms with van der Waals surface area (Å²) >= 11 is 1.22. The Balaban J connectivity index is 1.33. The Bertz CT molecular complexity index is 854. The van der Waals surface area contributed by atoms with Crippen LogP contribution in [0.25, 0.3) is 0 Å². The summed E-state index contributed by atoms with van der Waals surface area (Å²) in [5.41, 5.74) is 0.977. The zero-order valence-corrected chi connectivity index (χ0v) is 15.4. The molecule has 2 aliphatic rings. The van der Waals surface area contributed by atoms with Crippen LogP contribution in [0.1, 0.15) is 5.69 Å². The highest BCUT2D eigenvalue weighted by Gasteiger charge is 2.32. The molecule has 3 heterocycles. The predicted octanol–water partition coefficient (Wildman–Crippen LogP) is 1.16. The van der Waals surface area contributed by atoms with Gasteiger partial charge in [0, 0.05) is 37.3 Å². The third-order valence-electron chi connectivity index (χ3n) is 4.79. The van der Waals surface area contributed by atoms with Crippen LogP contribution in [0.4, 0.5) is 0 Å². The van der Waals surface area contributed by atoms with Gasteiger partial charge in [0.25, 0.3) is 5.91 Å². The molecule has 0 spiro atoms. The van der Waals surface area contributed by atoms with Gasteiger partial charge in [-0.1, -0.05) is 23.5 Å². The number of carbonyl (C=O) groups excluding carboxylic acids is 1. The average Bonchev–Trinajstić information content (AvgIpc) is 2.99. The van der Waals surface area contributed by atoms with Gasteiger partial charge in [0.15, 0.2) is 11.5 Å². The number of hydrogen-bond acceptors (Lipinski definition) is 6. The number of thiazole rings is 1. The van der Waals surface area contributed by atoms with E-state index in [-0.39, 0.29) is 17.4 Å². The van der Waals surface area contributed by atoms with E-state index in [1.807, 2.05) is 41.5 Å². The molecule has 2 aromatic rings. The molecule has 0 aliphatic carbocycles. The van der Waals surface area contributed by atoms with Gasteiger partial charge >= 0.3 is 4.87 Å². The molecule has 0 unspecified atom stereocenters. The van der Waals surface area contributed by atoms with Gasteiger partial charge in [-0.2, -0.15) is 0 Å². The van der Waals surface area contributed by atoms with Gasteiger partial charge in [-0.25, -0.2) is 0 Å². The lowest BCUT2D eigenvalue weighted by atomic mass is 10.2. The van der Waals surface area contributed by atoms with Gasteiger partial charge in [0.1, 0.15) is 6.61 Å². The van der Waals surface area contributed by atoms with Crippen LogP contribution in [0.15, 0.2) is 34.4 Å². The quantitative estimate of drug-likeness (QED) is 0.806. The number of hydrogen-bond donors (Lipinski definition) is 0. The fourth-order valence-electron chi connectivity index (χ4n) is 3.23. The first-order valence-electron chi connectivity index (χ1n) is 8.66. The molecule has 0 bridgehead atoms. The maximum absolute atomic E-state index is 12.7. The molecule has 1 aromatic heterocycles. The van der Waals surface area contributed by atoms with Gasteiger partial charge in [0.2, 0.25) is 6.10 Å². The van der Waals surface area contributed by atoms with E-state index in [1.54, 1.807) is 4.57 Å². The molecule has 1 saturated heterocycles. The molecule has 7 nitrogen and oxygen atoms in total. The molecule has 4 rings (SSSR count). The number of aryl methyl sites for hydroxylation is 1. The second-order valence-corrected chi connectivity index (χ2v) is 7.34. The first kappa shape index (κ1) is 17.1. The van der Waals surface area contributed by atoms with E-state index in [0.29, 0.717) is 31.3 Å². The van der Waals surface area contributed by atoms with Crippen LogP contribution in [-0.2, 0) is 11.5 Å². The lowest BCUT2D eigenvalue weighted by Crippen LogP contribution is -2.54. The van der Waals surface area contributed by atoms with Gasteiger partial charge in [-0.05, 0) is 19.1 Å². The lowest BCUT2D eigenvalue weighted by molar-refractivity contribution is -0.143. The summed E-state index contributed by atoms with van der Waals surface area (Å²) in [5.74, 6) is 1.25. The van der Waals surface area contributed by atoms with Crippen molar-refractivity contribution >= 4 is 17.2 Å². The molecular weight excluding hydrogens is 354 g/mol. The van der Waals surface area contributed by atoms with Crippen molar-refractivity contribution in [1.82, 2.24) is 14.4 Å². The van der Waals surface area contributed by atoms with Gasteiger partial charge < -0.3 is 14.4 Å². The van der Waals surface area contributed by atoms with Crippen molar-refractivity contribution in [3.05, 3.63) is 45.0 Å². The molecular formula is C18H21N3O4S. The fourth-order valence-corrected chi connectivity index (χ4v) is 3.96. The SMILES string of the molecule is Cc1csc(=O)n1CN1CCN(C(=O)[C@@H]2COc3ccccc3O2)CC1. The van der Waals surface area contributed by atoms with Crippen LogP contribution in [-0.4, -0.2) is 59.2 Å². The Labute approximate surface area is 155 Å². The Kier molecular flexibility index (Phi) is 4.69. The largest absolute Gasteiger partial charge is 0.485 e. The minimum atomic E-state index is -0.599. The maximum atomic E-state index is 12.7. The van der Waals surface area contributed by atoms with Crippen LogP contribution < -0.4 is 14.3 Å². The first-order valence-corrected chi connectivity index (χ1v) is 9.54. The van der Waals surface area contributed by atoms with E-state index in [0.717, 1.165) is 18.8 Å². The summed E-state index contributed by atoms with van der Waals surface area (Å²) in [6.07, 6.45) is -0.599. The van der Waals surface area contributed by atoms with Crippen LogP contribution >= 0.6 is 11.3 Å². The molecule has 0 N–H and O–H groups in total. The van der Waals surface area contributed by atoms with Crippen LogP contribution in [0.2, 0.25) is 0 Å². The van der Waals surface area contributed by atoms with Crippen LogP contribution in [0.5, 0.6) is 11.5 Å². The van der Waals surface area contributed by atoms with Crippen molar-refractivity contribution in [2.45, 2.75) is 19.7 Å². The number of piperazine rings is 1.